The maximum atomic E-state index is 12.8. The molecule has 0 aliphatic carbocycles. The number of nitrogens with one attached hydrogen (secondary N) is 2. The quantitative estimate of drug-likeness (QED) is 0.395. The molecule has 3 heterocycles. The summed E-state index contributed by atoms with van der Waals surface area (Å²) in [6.07, 6.45) is 2.79. The highest BCUT2D eigenvalue weighted by Gasteiger charge is 2.27. The number of carbonyl (C=O) groups excluding carboxylic acids is 1. The van der Waals surface area contributed by atoms with E-state index in [0.29, 0.717) is 53.6 Å². The third-order valence-corrected chi connectivity index (χ3v) is 6.42. The third-order valence-electron chi connectivity index (χ3n) is 6.15. The van der Waals surface area contributed by atoms with E-state index >= 15 is 0 Å². The molecule has 12 nitrogen and oxygen atoms in total. The fourth-order valence-electron chi connectivity index (χ4n) is 4.21. The van der Waals surface area contributed by atoms with Gasteiger partial charge in [-0.3, -0.25) is 14.4 Å². The van der Waals surface area contributed by atoms with Crippen molar-refractivity contribution in [2.24, 2.45) is 13.0 Å². The van der Waals surface area contributed by atoms with Crippen LogP contribution in [0.25, 0.3) is 10.9 Å². The van der Waals surface area contributed by atoms with Crippen LogP contribution in [0.2, 0.25) is 5.02 Å². The van der Waals surface area contributed by atoms with Gasteiger partial charge in [0.2, 0.25) is 5.95 Å². The SMILES string of the molecule is CNC(=O)COc1cc2cc(Nc3nc(N4CCCC(C(=O)O)C4)ncc3Cl)cc(OC)c2n(C)c1=O. The van der Waals surface area contributed by atoms with Gasteiger partial charge in [0.1, 0.15) is 10.8 Å². The van der Waals surface area contributed by atoms with Crippen molar-refractivity contribution in [2.45, 2.75) is 12.8 Å². The zero-order valence-electron chi connectivity index (χ0n) is 20.6. The van der Waals surface area contributed by atoms with E-state index in [1.807, 2.05) is 4.90 Å². The Labute approximate surface area is 217 Å². The highest BCUT2D eigenvalue weighted by molar-refractivity contribution is 6.32. The van der Waals surface area contributed by atoms with E-state index in [1.54, 1.807) is 25.2 Å². The van der Waals surface area contributed by atoms with E-state index in [9.17, 15) is 19.5 Å². The second kappa shape index (κ2) is 10.9. The number of aliphatic carboxylic acids is 1. The molecule has 3 aromatic rings. The number of carboxylic acids is 1. The van der Waals surface area contributed by atoms with Crippen LogP contribution >= 0.6 is 11.6 Å². The van der Waals surface area contributed by atoms with Crippen LogP contribution in [0.4, 0.5) is 17.5 Å². The fraction of sp³-hybridized carbons (Fsp3) is 0.375. The number of fused-ring (bicyclic) bond motifs is 1. The molecule has 1 unspecified atom stereocenters. The minimum absolute atomic E-state index is 0.0123. The molecule has 1 aliphatic rings. The Kier molecular flexibility index (Phi) is 7.67. The largest absolute Gasteiger partial charge is 0.494 e. The zero-order valence-corrected chi connectivity index (χ0v) is 21.3. The standard InChI is InChI=1S/C24H27ClN6O6/c1-26-19(32)12-37-18-8-14-7-15(9-17(36-3)20(14)30(2)22(18)33)28-21-16(25)10-27-24(29-21)31-6-4-5-13(11-31)23(34)35/h7-10,13H,4-6,11-12H2,1-3H3,(H,26,32)(H,34,35)(H,27,28,29). The number of piperidine rings is 1. The molecule has 37 heavy (non-hydrogen) atoms. The highest BCUT2D eigenvalue weighted by atomic mass is 35.5. The van der Waals surface area contributed by atoms with Crippen LogP contribution in [0.1, 0.15) is 12.8 Å². The van der Waals surface area contributed by atoms with Crippen LogP contribution in [0, 0.1) is 5.92 Å². The lowest BCUT2D eigenvalue weighted by Gasteiger charge is -2.30. The third kappa shape index (κ3) is 5.53. The molecule has 0 bridgehead atoms. The topological polar surface area (TPSA) is 148 Å². The molecule has 13 heteroatoms. The van der Waals surface area contributed by atoms with Crippen LogP contribution in [0.15, 0.2) is 29.2 Å². The van der Waals surface area contributed by atoms with E-state index in [-0.39, 0.29) is 23.3 Å². The second-order valence-electron chi connectivity index (χ2n) is 8.57. The van der Waals surface area contributed by atoms with Crippen LogP contribution in [-0.2, 0) is 16.6 Å². The summed E-state index contributed by atoms with van der Waals surface area (Å²) in [6, 6.07) is 5.01. The molecule has 1 atom stereocenters. The Morgan fingerprint density at radius 3 is 2.76 bits per heavy atom. The Morgan fingerprint density at radius 1 is 1.27 bits per heavy atom. The predicted molar refractivity (Wildman–Crippen MR) is 138 cm³/mol. The van der Waals surface area contributed by atoms with E-state index in [0.717, 1.165) is 6.42 Å². The Balaban J connectivity index is 1.68. The fourth-order valence-corrected chi connectivity index (χ4v) is 4.35. The first-order chi connectivity index (χ1) is 17.7. The maximum Gasteiger partial charge on any atom is 0.308 e. The normalized spacial score (nSPS) is 15.4. The number of halogens is 1. The van der Waals surface area contributed by atoms with Gasteiger partial charge in [0.15, 0.2) is 18.2 Å². The van der Waals surface area contributed by atoms with Gasteiger partial charge in [-0.15, -0.1) is 0 Å². The molecule has 4 rings (SSSR count). The van der Waals surface area contributed by atoms with Crippen molar-refractivity contribution in [3.05, 3.63) is 39.8 Å². The van der Waals surface area contributed by atoms with Gasteiger partial charge in [-0.2, -0.15) is 4.98 Å². The van der Waals surface area contributed by atoms with Crippen LogP contribution in [0.5, 0.6) is 11.5 Å². The van der Waals surface area contributed by atoms with Gasteiger partial charge in [0.05, 0.1) is 24.7 Å². The number of pyridine rings is 1. The molecule has 0 spiro atoms. The number of aryl methyl sites for hydroxylation is 1. The average molecular weight is 531 g/mol. The van der Waals surface area contributed by atoms with Crippen molar-refractivity contribution in [1.82, 2.24) is 19.9 Å². The number of carbonyl (C=O) groups is 2. The number of hydrogen-bond acceptors (Lipinski definition) is 9. The Bertz CT molecular complexity index is 1410. The molecule has 196 valence electrons. The molecule has 2 aromatic heterocycles. The lowest BCUT2D eigenvalue weighted by Crippen LogP contribution is -2.39. The summed E-state index contributed by atoms with van der Waals surface area (Å²) in [5.74, 6) is -0.563. The summed E-state index contributed by atoms with van der Waals surface area (Å²) < 4.78 is 12.4. The molecule has 3 N–H and O–H groups in total. The number of hydrogen-bond donors (Lipinski definition) is 3. The van der Waals surface area contributed by atoms with Gasteiger partial charge in [-0.05, 0) is 25.0 Å². The number of amides is 1. The van der Waals surface area contributed by atoms with Gasteiger partial charge in [-0.25, -0.2) is 4.98 Å². The van der Waals surface area contributed by atoms with Crippen molar-refractivity contribution in [3.8, 4) is 11.5 Å². The molecular formula is C24H27ClN6O6. The first kappa shape index (κ1) is 26.0. The van der Waals surface area contributed by atoms with Crippen molar-refractivity contribution < 1.29 is 24.2 Å². The van der Waals surface area contributed by atoms with Crippen molar-refractivity contribution >= 4 is 51.8 Å². The van der Waals surface area contributed by atoms with Crippen LogP contribution in [-0.4, -0.2) is 65.4 Å². The number of aromatic nitrogens is 3. The number of ether oxygens (including phenoxy) is 2. The number of carboxylic acid groups (broad SMARTS) is 1. The maximum absolute atomic E-state index is 12.8. The van der Waals surface area contributed by atoms with Gasteiger partial charge >= 0.3 is 5.97 Å². The number of anilines is 3. The summed E-state index contributed by atoms with van der Waals surface area (Å²) in [6.45, 7) is 0.652. The zero-order chi connectivity index (χ0) is 26.7. The molecule has 1 aromatic carbocycles. The first-order valence-electron chi connectivity index (χ1n) is 11.5. The molecule has 1 amide bonds. The van der Waals surface area contributed by atoms with Crippen molar-refractivity contribution in [2.75, 3.05) is 44.1 Å². The summed E-state index contributed by atoms with van der Waals surface area (Å²) in [7, 11) is 4.56. The monoisotopic (exact) mass is 530 g/mol. The van der Waals surface area contributed by atoms with Gasteiger partial charge < -0.3 is 34.7 Å². The highest BCUT2D eigenvalue weighted by Crippen LogP contribution is 2.33. The van der Waals surface area contributed by atoms with Crippen LogP contribution in [0.3, 0.4) is 0 Å². The smallest absolute Gasteiger partial charge is 0.308 e. The lowest BCUT2D eigenvalue weighted by atomic mass is 9.99. The summed E-state index contributed by atoms with van der Waals surface area (Å²) in [5, 5.41) is 15.9. The lowest BCUT2D eigenvalue weighted by molar-refractivity contribution is -0.142. The Morgan fingerprint density at radius 2 is 2.05 bits per heavy atom. The predicted octanol–water partition coefficient (Wildman–Crippen LogP) is 2.16. The van der Waals surface area contributed by atoms with E-state index in [1.165, 1.54) is 24.9 Å². The van der Waals surface area contributed by atoms with Gasteiger partial charge in [0, 0.05) is 44.3 Å². The number of rotatable bonds is 8. The summed E-state index contributed by atoms with van der Waals surface area (Å²) in [4.78, 5) is 46.5. The first-order valence-corrected chi connectivity index (χ1v) is 11.9. The molecule has 0 radical (unpaired) electrons. The van der Waals surface area contributed by atoms with Crippen molar-refractivity contribution in [3.63, 3.8) is 0 Å². The Hall–Kier alpha value is -4.06. The molecular weight excluding hydrogens is 504 g/mol. The summed E-state index contributed by atoms with van der Waals surface area (Å²) in [5.41, 5.74) is 0.682. The molecule has 1 fully saturated rings. The van der Waals surface area contributed by atoms with E-state index in [2.05, 4.69) is 20.6 Å². The number of benzene rings is 1. The second-order valence-corrected chi connectivity index (χ2v) is 8.97. The van der Waals surface area contributed by atoms with Gasteiger partial charge in [-0.1, -0.05) is 11.6 Å². The molecule has 1 saturated heterocycles. The summed E-state index contributed by atoms with van der Waals surface area (Å²) >= 11 is 6.38. The average Bonchev–Trinajstić information content (AvgIpc) is 2.90. The number of nitrogens with zero attached hydrogens (tertiary/aromatic N) is 4. The van der Waals surface area contributed by atoms with Crippen LogP contribution < -0.4 is 30.6 Å². The molecule has 0 saturated carbocycles. The number of methoxy groups -OCH3 is 1. The van der Waals surface area contributed by atoms with Gasteiger partial charge in [0.25, 0.3) is 11.5 Å². The molecule has 1 aliphatic heterocycles. The minimum Gasteiger partial charge on any atom is -0.494 e. The van der Waals surface area contributed by atoms with Crippen molar-refractivity contribution in [1.29, 1.82) is 0 Å². The minimum atomic E-state index is -0.839. The van der Waals surface area contributed by atoms with E-state index < -0.39 is 17.4 Å². The van der Waals surface area contributed by atoms with E-state index in [4.69, 9.17) is 21.1 Å². The number of likely N-dealkylation sites (N-methyl/N-ethyl adjacent to an activating group) is 1.